The van der Waals surface area contributed by atoms with Gasteiger partial charge in [-0.25, -0.2) is 14.8 Å². The molecule has 7 heterocycles. The van der Waals surface area contributed by atoms with E-state index in [1.54, 1.807) is 33.0 Å². The van der Waals surface area contributed by atoms with Gasteiger partial charge in [-0.1, -0.05) is 29.4 Å². The molecule has 1 aromatic heterocycles. The molecule has 354 valence electrons. The molecule has 66 heavy (non-hydrogen) atoms. The molecule has 4 bridgehead atoms. The zero-order chi connectivity index (χ0) is 47.0. The second kappa shape index (κ2) is 15.4. The van der Waals surface area contributed by atoms with Crippen LogP contribution in [0, 0.1) is 17.8 Å². The average Bonchev–Trinajstić information content (AvgIpc) is 3.78. The number of rotatable bonds is 10. The van der Waals surface area contributed by atoms with Crippen molar-refractivity contribution in [3.05, 3.63) is 70.1 Å². The molecule has 7 unspecified atom stereocenters. The van der Waals surface area contributed by atoms with Crippen LogP contribution in [0.15, 0.2) is 58.4 Å². The lowest BCUT2D eigenvalue weighted by atomic mass is 9.44. The molecule has 15 heteroatoms. The third-order valence-electron chi connectivity index (χ3n) is 15.3. The lowest BCUT2D eigenvalue weighted by Crippen LogP contribution is -2.79. The van der Waals surface area contributed by atoms with Crippen molar-refractivity contribution >= 4 is 29.5 Å². The van der Waals surface area contributed by atoms with E-state index < -0.39 is 82.7 Å². The number of nitrogens with zero attached hydrogens (tertiary/aromatic N) is 3. The van der Waals surface area contributed by atoms with E-state index in [0.717, 1.165) is 17.6 Å². The summed E-state index contributed by atoms with van der Waals surface area (Å²) in [5, 5.41) is 23.6. The van der Waals surface area contributed by atoms with Crippen molar-refractivity contribution in [1.29, 1.82) is 0 Å². The van der Waals surface area contributed by atoms with E-state index in [2.05, 4.69) is 32.9 Å². The monoisotopic (exact) mass is 909 g/mol. The molecule has 0 radical (unpaired) electrons. The van der Waals surface area contributed by atoms with Crippen molar-refractivity contribution in [1.82, 2.24) is 9.55 Å². The highest BCUT2D eigenvalue weighted by Crippen LogP contribution is 2.73. The first kappa shape index (κ1) is 45.2. The molecule has 3 aliphatic carbocycles. The first-order chi connectivity index (χ1) is 31.2. The number of aliphatic hydroxyl groups excluding tert-OH is 2. The van der Waals surface area contributed by atoms with E-state index in [4.69, 9.17) is 47.9 Å². The van der Waals surface area contributed by atoms with E-state index in [1.165, 1.54) is 12.7 Å². The Morgan fingerprint density at radius 1 is 1.00 bits per heavy atom. The third-order valence-corrected chi connectivity index (χ3v) is 15.3. The van der Waals surface area contributed by atoms with Crippen LogP contribution in [0.5, 0.6) is 17.2 Å². The smallest absolute Gasteiger partial charge is 0.333 e. The number of ether oxygens (including phenoxy) is 8. The largest absolute Gasteiger partial charge is 0.482 e. The van der Waals surface area contributed by atoms with Crippen molar-refractivity contribution in [3.8, 4) is 17.2 Å². The van der Waals surface area contributed by atoms with Crippen molar-refractivity contribution in [2.24, 2.45) is 22.7 Å². The Morgan fingerprint density at radius 3 is 2.48 bits per heavy atom. The molecular weight excluding hydrogens is 847 g/mol. The van der Waals surface area contributed by atoms with Crippen LogP contribution in [0.4, 0.5) is 5.95 Å². The van der Waals surface area contributed by atoms with Gasteiger partial charge in [0.05, 0.1) is 48.1 Å². The predicted octanol–water partition coefficient (Wildman–Crippen LogP) is 6.98. The maximum absolute atomic E-state index is 15.6. The zero-order valence-electron chi connectivity index (χ0n) is 39.8. The molecule has 2 N–H and O–H groups in total. The molecule has 6 fully saturated rings. The molecule has 1 aromatic carbocycles. The highest BCUT2D eigenvalue weighted by Gasteiger charge is 2.85. The number of esters is 1. The Hall–Kier alpha value is -4.64. The molecule has 15 nitrogen and oxygen atoms in total. The number of aromatic nitrogens is 2. The summed E-state index contributed by atoms with van der Waals surface area (Å²) in [6.45, 7) is 19.6. The van der Waals surface area contributed by atoms with Crippen LogP contribution < -0.4 is 14.2 Å². The maximum Gasteiger partial charge on any atom is 0.333 e. The minimum Gasteiger partial charge on any atom is -0.482 e. The molecule has 1 spiro atoms. The number of Topliss-reactive ketones (excluding diaryl/α,β-unsaturated/α-hetero) is 1. The first-order valence-electron chi connectivity index (χ1n) is 23.3. The lowest BCUT2D eigenvalue weighted by Gasteiger charge is -2.64. The van der Waals surface area contributed by atoms with Gasteiger partial charge in [0.25, 0.3) is 0 Å². The van der Waals surface area contributed by atoms with Gasteiger partial charge >= 0.3 is 5.97 Å². The molecule has 3 saturated carbocycles. The van der Waals surface area contributed by atoms with Crippen LogP contribution in [-0.4, -0.2) is 110 Å². The van der Waals surface area contributed by atoms with Gasteiger partial charge in [-0.15, -0.1) is 0 Å². The Morgan fingerprint density at radius 2 is 1.76 bits per heavy atom. The summed E-state index contributed by atoms with van der Waals surface area (Å²) in [6.07, 6.45) is 10.0. The number of imidazole rings is 1. The number of carbonyl (C=O) groups is 2. The number of hydrogen-bond acceptors (Lipinski definition) is 14. The van der Waals surface area contributed by atoms with Crippen molar-refractivity contribution < 1.29 is 57.7 Å². The van der Waals surface area contributed by atoms with Crippen LogP contribution >= 0.6 is 0 Å². The fourth-order valence-corrected chi connectivity index (χ4v) is 12.3. The minimum atomic E-state index is -1.56. The van der Waals surface area contributed by atoms with E-state index >= 15 is 4.79 Å². The fourth-order valence-electron chi connectivity index (χ4n) is 12.3. The van der Waals surface area contributed by atoms with E-state index in [9.17, 15) is 15.0 Å². The quantitative estimate of drug-likeness (QED) is 0.142. The van der Waals surface area contributed by atoms with Crippen molar-refractivity contribution in [2.45, 2.75) is 166 Å². The van der Waals surface area contributed by atoms with Gasteiger partial charge in [0.15, 0.2) is 22.8 Å². The maximum atomic E-state index is 15.6. The number of benzene rings is 1. The van der Waals surface area contributed by atoms with Gasteiger partial charge in [0.1, 0.15) is 47.3 Å². The SMILES string of the molecule is COC(=O)C(C)=CCC12OC(C)(C)C3CC(C1=O)C1C4C(=Nc5nccn51)c1c(O[C@@H]5O[C@@H]6COC(C)(C)O[C@H]6[C@H](O)[C@H]5O)c5c(c(CC=C(C)C)c1OC432)OC(C)(CCC=C(C)C)C=C5. The van der Waals surface area contributed by atoms with Crippen LogP contribution in [0.25, 0.3) is 6.08 Å². The normalized spacial score (nSPS) is 36.9. The number of aliphatic hydroxyl groups is 2. The van der Waals surface area contributed by atoms with Gasteiger partial charge < -0.3 is 52.7 Å². The molecule has 11 rings (SSSR count). The summed E-state index contributed by atoms with van der Waals surface area (Å²) >= 11 is 0. The second-order valence-corrected chi connectivity index (χ2v) is 21.1. The molecule has 2 aromatic rings. The molecule has 6 aliphatic heterocycles. The van der Waals surface area contributed by atoms with Gasteiger partial charge in [-0.3, -0.25) is 4.79 Å². The topological polar surface area (TPSA) is 179 Å². The highest BCUT2D eigenvalue weighted by molar-refractivity contribution is 6.14. The number of allylic oxidation sites excluding steroid dienone is 4. The van der Waals surface area contributed by atoms with Gasteiger partial charge in [-0.05, 0) is 107 Å². The third kappa shape index (κ3) is 6.57. The molecule has 12 atom stereocenters. The summed E-state index contributed by atoms with van der Waals surface area (Å²) in [4.78, 5) is 38.7. The van der Waals surface area contributed by atoms with Crippen LogP contribution in [0.1, 0.15) is 118 Å². The summed E-state index contributed by atoms with van der Waals surface area (Å²) in [5.74, 6) is -1.41. The van der Waals surface area contributed by atoms with E-state index in [0.29, 0.717) is 59.1 Å². The molecular formula is C51H63N3O12. The second-order valence-electron chi connectivity index (χ2n) is 21.1. The average molecular weight is 910 g/mol. The summed E-state index contributed by atoms with van der Waals surface area (Å²) in [5.41, 5.74) is 0.512. The summed E-state index contributed by atoms with van der Waals surface area (Å²) in [6, 6.07) is -0.461. The molecule has 0 amide bonds. The number of ketones is 1. The predicted molar refractivity (Wildman–Crippen MR) is 242 cm³/mol. The fraction of sp³-hybridized carbons (Fsp3) is 0.608. The van der Waals surface area contributed by atoms with E-state index in [1.807, 2.05) is 50.6 Å². The Labute approximate surface area is 385 Å². The summed E-state index contributed by atoms with van der Waals surface area (Å²) in [7, 11) is 1.33. The van der Waals surface area contributed by atoms with Crippen LogP contribution in [0.2, 0.25) is 0 Å². The number of hydrogen-bond donors (Lipinski definition) is 2. The van der Waals surface area contributed by atoms with Gasteiger partial charge in [0, 0.05) is 41.8 Å². The Bertz CT molecular complexity index is 2540. The summed E-state index contributed by atoms with van der Waals surface area (Å²) < 4.78 is 55.1. The first-order valence-corrected chi connectivity index (χ1v) is 23.3. The molecule has 9 aliphatic rings. The highest BCUT2D eigenvalue weighted by atomic mass is 16.8. The molecule has 3 saturated heterocycles. The minimum absolute atomic E-state index is 0.0502. The van der Waals surface area contributed by atoms with Gasteiger partial charge in [-0.2, -0.15) is 0 Å². The number of methoxy groups -OCH3 is 1. The van der Waals surface area contributed by atoms with Crippen molar-refractivity contribution in [2.75, 3.05) is 13.7 Å². The van der Waals surface area contributed by atoms with Crippen molar-refractivity contribution in [3.63, 3.8) is 0 Å². The number of fused-ring (bicyclic) bond motifs is 5. The van der Waals surface area contributed by atoms with Crippen LogP contribution in [-0.2, 0) is 39.7 Å². The number of aliphatic imine (C=N–C) groups is 1. The van der Waals surface area contributed by atoms with Gasteiger partial charge in [0.2, 0.25) is 12.2 Å². The lowest BCUT2D eigenvalue weighted by molar-refractivity contribution is -0.373. The number of carbonyl (C=O) groups excluding carboxylic acids is 2. The van der Waals surface area contributed by atoms with Crippen LogP contribution in [0.3, 0.4) is 0 Å². The Kier molecular flexibility index (Phi) is 10.6. The van der Waals surface area contributed by atoms with E-state index in [-0.39, 0.29) is 30.5 Å². The standard InChI is InChI=1S/C51H63N3O12/c1-25(2)13-12-18-49(10)19-17-29-39(64-49)28(15-14-26(3)4)41-33(40(29)62-45-38(56)37(55)42-31(61-45)24-60-48(8,9)63-42)35-34-36(54-22-21-52-46(54)53-35)30-23-32-47(6,7)66-50(43(30)57,51(32,34)65-41)20-16-27(5)44(58)59-11/h13-14,16-17,19,21-22,30-32,34,36-38,42,45,55-56H,12,15,18,20,23-24H2,1-11H3/t30?,31-,32?,34?,36?,37-,38-,42-,45+,49?,50?,51?/m1/s1. The zero-order valence-corrected chi connectivity index (χ0v) is 39.8. The Balaban J connectivity index is 1.24.